The van der Waals surface area contributed by atoms with Gasteiger partial charge in [-0.2, -0.15) is 0 Å². The first-order valence-corrected chi connectivity index (χ1v) is 12.2. The average molecular weight is 512 g/mol. The van der Waals surface area contributed by atoms with Gasteiger partial charge < -0.3 is 20.7 Å². The van der Waals surface area contributed by atoms with Crippen LogP contribution in [-0.2, 0) is 30.5 Å². The molecular weight excluding hydrogens is 482 g/mol. The Bertz CT molecular complexity index is 1090. The number of ether oxygens (including phenoxy) is 1. The molecule has 0 fully saturated rings. The van der Waals surface area contributed by atoms with E-state index in [1.54, 1.807) is 36.4 Å². The van der Waals surface area contributed by atoms with Gasteiger partial charge in [0.25, 0.3) is 0 Å². The topological polar surface area (TPSA) is 114 Å². The van der Waals surface area contributed by atoms with Gasteiger partial charge in [0, 0.05) is 24.9 Å². The van der Waals surface area contributed by atoms with E-state index in [9.17, 15) is 19.2 Å². The highest BCUT2D eigenvalue weighted by molar-refractivity contribution is 6.30. The van der Waals surface area contributed by atoms with E-state index in [1.165, 1.54) is 6.92 Å². The maximum absolute atomic E-state index is 13.0. The van der Waals surface area contributed by atoms with E-state index in [0.717, 1.165) is 5.56 Å². The predicted molar refractivity (Wildman–Crippen MR) is 136 cm³/mol. The number of nitrogens with one attached hydrogen (secondary N) is 3. The standard InChI is InChI=1S/C27H30ClN3O5/c1-18(32)31-23-10-6-5-9-21(15-25(33)29-16-19-11-13-22(28)14-12-19)26(34)30-17-24(36-27(23)35)20-7-3-2-4-8-20/h2-8,11-14,21,23-24H,9-10,15-17H2,1H3,(H,29,33)(H,30,34)(H,31,32)/t21-,23-,24-/m0/s1. The molecule has 1 aliphatic heterocycles. The third-order valence-corrected chi connectivity index (χ3v) is 5.97. The zero-order valence-electron chi connectivity index (χ0n) is 20.0. The number of esters is 1. The highest BCUT2D eigenvalue weighted by Gasteiger charge is 2.27. The summed E-state index contributed by atoms with van der Waals surface area (Å²) in [4.78, 5) is 50.1. The third-order valence-electron chi connectivity index (χ3n) is 5.72. The van der Waals surface area contributed by atoms with E-state index < -0.39 is 24.0 Å². The van der Waals surface area contributed by atoms with Crippen LogP contribution in [0.4, 0.5) is 0 Å². The lowest BCUT2D eigenvalue weighted by molar-refractivity contribution is -0.153. The lowest BCUT2D eigenvalue weighted by atomic mass is 9.98. The van der Waals surface area contributed by atoms with Crippen LogP contribution in [0, 0.1) is 5.92 Å². The van der Waals surface area contributed by atoms with Gasteiger partial charge in [-0.3, -0.25) is 14.4 Å². The molecule has 9 heteroatoms. The van der Waals surface area contributed by atoms with Crippen LogP contribution in [0.15, 0.2) is 66.7 Å². The maximum Gasteiger partial charge on any atom is 0.329 e. The molecule has 2 aromatic rings. The van der Waals surface area contributed by atoms with Crippen LogP contribution in [-0.4, -0.2) is 36.3 Å². The molecule has 0 saturated heterocycles. The number of allylic oxidation sites excluding steroid dienone is 1. The van der Waals surface area contributed by atoms with Gasteiger partial charge in [-0.1, -0.05) is 66.2 Å². The molecule has 1 heterocycles. The van der Waals surface area contributed by atoms with Gasteiger partial charge in [-0.15, -0.1) is 0 Å². The number of benzene rings is 2. The quantitative estimate of drug-likeness (QED) is 0.407. The molecule has 3 rings (SSSR count). The summed E-state index contributed by atoms with van der Waals surface area (Å²) in [7, 11) is 0. The molecule has 0 saturated carbocycles. The number of rotatable bonds is 6. The Kier molecular flexibility index (Phi) is 10.1. The van der Waals surface area contributed by atoms with Crippen molar-refractivity contribution in [1.82, 2.24) is 16.0 Å². The second-order valence-corrected chi connectivity index (χ2v) is 9.02. The number of amides is 3. The number of carbonyl (C=O) groups excluding carboxylic acids is 4. The summed E-state index contributed by atoms with van der Waals surface area (Å²) in [5.41, 5.74) is 1.60. The molecule has 1 aliphatic rings. The van der Waals surface area contributed by atoms with Crippen LogP contribution in [0.2, 0.25) is 5.02 Å². The summed E-state index contributed by atoms with van der Waals surface area (Å²) in [5.74, 6) is -2.11. The van der Waals surface area contributed by atoms with Crippen LogP contribution >= 0.6 is 11.6 Å². The first-order chi connectivity index (χ1) is 17.3. The summed E-state index contributed by atoms with van der Waals surface area (Å²) in [6.07, 6.45) is 3.22. The van der Waals surface area contributed by atoms with E-state index in [4.69, 9.17) is 16.3 Å². The lowest BCUT2D eigenvalue weighted by Crippen LogP contribution is -2.43. The van der Waals surface area contributed by atoms with Gasteiger partial charge >= 0.3 is 5.97 Å². The van der Waals surface area contributed by atoms with Crippen molar-refractivity contribution in [2.45, 2.75) is 44.9 Å². The molecule has 3 N–H and O–H groups in total. The fraction of sp³-hybridized carbons (Fsp3) is 0.333. The lowest BCUT2D eigenvalue weighted by Gasteiger charge is -2.24. The summed E-state index contributed by atoms with van der Waals surface area (Å²) in [6, 6.07) is 15.3. The molecule has 0 aliphatic carbocycles. The minimum Gasteiger partial charge on any atom is -0.454 e. The van der Waals surface area contributed by atoms with Crippen molar-refractivity contribution in [3.63, 3.8) is 0 Å². The van der Waals surface area contributed by atoms with Crippen LogP contribution in [0.3, 0.4) is 0 Å². The van der Waals surface area contributed by atoms with Crippen molar-refractivity contribution in [3.8, 4) is 0 Å². The third kappa shape index (κ3) is 8.53. The van der Waals surface area contributed by atoms with Gasteiger partial charge in [-0.25, -0.2) is 4.79 Å². The van der Waals surface area contributed by atoms with E-state index >= 15 is 0 Å². The summed E-state index contributed by atoms with van der Waals surface area (Å²) >= 11 is 5.90. The highest BCUT2D eigenvalue weighted by Crippen LogP contribution is 2.20. The van der Waals surface area contributed by atoms with Gasteiger partial charge in [-0.05, 0) is 36.1 Å². The van der Waals surface area contributed by atoms with Gasteiger partial charge in [0.1, 0.15) is 12.1 Å². The van der Waals surface area contributed by atoms with Gasteiger partial charge in [0.05, 0.1) is 12.5 Å². The summed E-state index contributed by atoms with van der Waals surface area (Å²) in [5, 5.41) is 8.90. The molecule has 36 heavy (non-hydrogen) atoms. The fourth-order valence-corrected chi connectivity index (χ4v) is 3.92. The van der Waals surface area contributed by atoms with E-state index in [2.05, 4.69) is 16.0 Å². The van der Waals surface area contributed by atoms with Crippen molar-refractivity contribution in [2.75, 3.05) is 6.54 Å². The van der Waals surface area contributed by atoms with Crippen molar-refractivity contribution in [2.24, 2.45) is 5.92 Å². The number of carbonyl (C=O) groups is 4. The zero-order valence-corrected chi connectivity index (χ0v) is 20.8. The van der Waals surface area contributed by atoms with Crippen LogP contribution in [0.5, 0.6) is 0 Å². The van der Waals surface area contributed by atoms with Gasteiger partial charge in [0.15, 0.2) is 0 Å². The Morgan fingerprint density at radius 1 is 1.03 bits per heavy atom. The average Bonchev–Trinajstić information content (AvgIpc) is 2.86. The molecule has 0 spiro atoms. The molecule has 8 nitrogen and oxygen atoms in total. The minimum absolute atomic E-state index is 0.00528. The molecule has 3 atom stereocenters. The molecule has 190 valence electrons. The molecule has 0 unspecified atom stereocenters. The maximum atomic E-state index is 13.0. The number of halogens is 1. The number of hydrogen-bond donors (Lipinski definition) is 3. The summed E-state index contributed by atoms with van der Waals surface area (Å²) in [6.45, 7) is 1.69. The molecule has 0 bridgehead atoms. The highest BCUT2D eigenvalue weighted by atomic mass is 35.5. The van der Waals surface area contributed by atoms with E-state index in [0.29, 0.717) is 23.6 Å². The zero-order chi connectivity index (χ0) is 25.9. The monoisotopic (exact) mass is 511 g/mol. The first-order valence-electron chi connectivity index (χ1n) is 11.8. The normalized spacial score (nSPS) is 20.8. The van der Waals surface area contributed by atoms with Gasteiger partial charge in [0.2, 0.25) is 17.7 Å². The second-order valence-electron chi connectivity index (χ2n) is 8.58. The van der Waals surface area contributed by atoms with Crippen LogP contribution < -0.4 is 16.0 Å². The predicted octanol–water partition coefficient (Wildman–Crippen LogP) is 3.22. The first kappa shape index (κ1) is 26.9. The second kappa shape index (κ2) is 13.4. The van der Waals surface area contributed by atoms with Crippen LogP contribution in [0.25, 0.3) is 0 Å². The largest absolute Gasteiger partial charge is 0.454 e. The van der Waals surface area contributed by atoms with Crippen molar-refractivity contribution >= 4 is 35.3 Å². The Hall–Kier alpha value is -3.65. The Labute approximate surface area is 215 Å². The van der Waals surface area contributed by atoms with Crippen molar-refractivity contribution in [1.29, 1.82) is 0 Å². The fourth-order valence-electron chi connectivity index (χ4n) is 3.79. The number of hydrogen-bond acceptors (Lipinski definition) is 5. The molecule has 0 aromatic heterocycles. The Morgan fingerprint density at radius 2 is 1.72 bits per heavy atom. The number of cyclic esters (lactones) is 1. The van der Waals surface area contributed by atoms with Crippen molar-refractivity contribution in [3.05, 3.63) is 82.9 Å². The Morgan fingerprint density at radius 3 is 2.42 bits per heavy atom. The smallest absolute Gasteiger partial charge is 0.329 e. The SMILES string of the molecule is CC(=O)N[C@H]1CC=CC[C@@H](CC(=O)NCc2ccc(Cl)cc2)C(=O)NC[C@@H](c2ccccc2)OC1=O. The molecule has 2 aromatic carbocycles. The summed E-state index contributed by atoms with van der Waals surface area (Å²) < 4.78 is 5.69. The molecule has 0 radical (unpaired) electrons. The van der Waals surface area contributed by atoms with Crippen LogP contribution in [0.1, 0.15) is 43.4 Å². The molecule has 3 amide bonds. The molecular formula is C27H30ClN3O5. The van der Waals surface area contributed by atoms with E-state index in [-0.39, 0.29) is 37.1 Å². The van der Waals surface area contributed by atoms with E-state index in [1.807, 2.05) is 30.3 Å². The minimum atomic E-state index is -0.860. The van der Waals surface area contributed by atoms with Crippen molar-refractivity contribution < 1.29 is 23.9 Å². The Balaban J connectivity index is 1.72.